The smallest absolute Gasteiger partial charge is 0.246 e. The molecule has 7 heteroatoms. The van der Waals surface area contributed by atoms with Crippen LogP contribution >= 0.6 is 0 Å². The molecule has 0 bridgehead atoms. The molecule has 1 amide bonds. The number of nitrogens with zero attached hydrogens (tertiary/aromatic N) is 5. The molecule has 0 radical (unpaired) electrons. The molecule has 0 unspecified atom stereocenters. The minimum Gasteiger partial charge on any atom is -0.324 e. The van der Waals surface area contributed by atoms with E-state index in [1.165, 1.54) is 11.0 Å². The molecule has 0 aliphatic heterocycles. The first kappa shape index (κ1) is 12.2. The third-order valence-corrected chi connectivity index (χ3v) is 2.82. The maximum atomic E-state index is 12.0. The second kappa shape index (κ2) is 5.04. The lowest BCUT2D eigenvalue weighted by molar-refractivity contribution is -0.116. The van der Waals surface area contributed by atoms with Gasteiger partial charge < -0.3 is 5.32 Å². The number of aryl methyl sites for hydroxylation is 1. The van der Waals surface area contributed by atoms with E-state index in [1.54, 1.807) is 0 Å². The van der Waals surface area contributed by atoms with Crippen molar-refractivity contribution < 1.29 is 4.79 Å². The predicted octanol–water partition coefficient (Wildman–Crippen LogP) is 1.17. The summed E-state index contributed by atoms with van der Waals surface area (Å²) in [5, 5.41) is 14.4. The van der Waals surface area contributed by atoms with Crippen LogP contribution in [0.1, 0.15) is 5.69 Å². The molecule has 0 spiro atoms. The highest BCUT2D eigenvalue weighted by atomic mass is 16.2. The van der Waals surface area contributed by atoms with E-state index in [4.69, 9.17) is 0 Å². The van der Waals surface area contributed by atoms with Crippen LogP contribution in [-0.2, 0) is 11.3 Å². The van der Waals surface area contributed by atoms with Crippen molar-refractivity contribution in [1.29, 1.82) is 0 Å². The summed E-state index contributed by atoms with van der Waals surface area (Å²) in [6, 6.07) is 9.52. The summed E-state index contributed by atoms with van der Waals surface area (Å²) in [5.74, 6) is -0.187. The van der Waals surface area contributed by atoms with Crippen LogP contribution in [0, 0.1) is 6.92 Å². The molecule has 7 nitrogen and oxygen atoms in total. The van der Waals surface area contributed by atoms with Gasteiger partial charge in [0.1, 0.15) is 12.9 Å². The van der Waals surface area contributed by atoms with E-state index in [-0.39, 0.29) is 12.5 Å². The van der Waals surface area contributed by atoms with Crippen molar-refractivity contribution in [2.24, 2.45) is 0 Å². The molecule has 0 saturated carbocycles. The maximum absolute atomic E-state index is 12.0. The number of para-hydroxylation sites is 1. The van der Waals surface area contributed by atoms with Crippen molar-refractivity contribution >= 4 is 22.5 Å². The zero-order valence-corrected chi connectivity index (χ0v) is 10.8. The summed E-state index contributed by atoms with van der Waals surface area (Å²) in [6.45, 7) is 1.96. The summed E-state index contributed by atoms with van der Waals surface area (Å²) in [7, 11) is 0. The van der Waals surface area contributed by atoms with Gasteiger partial charge in [-0.1, -0.05) is 18.2 Å². The molecule has 1 N–H and O–H groups in total. The summed E-state index contributed by atoms with van der Waals surface area (Å²) in [6.07, 6.45) is 1.40. The highest BCUT2D eigenvalue weighted by molar-refractivity contribution is 6.00. The van der Waals surface area contributed by atoms with E-state index in [2.05, 4.69) is 25.8 Å². The van der Waals surface area contributed by atoms with Gasteiger partial charge in [-0.15, -0.1) is 5.10 Å². The summed E-state index contributed by atoms with van der Waals surface area (Å²) >= 11 is 0. The Balaban J connectivity index is 1.88. The standard InChI is InChI=1S/C13H12N6O/c1-9-6-12(10-4-2-3-5-11(10)15-9)16-13(20)7-19-8-14-17-18-19/h2-6,8H,7H2,1H3,(H,15,16,20). The van der Waals surface area contributed by atoms with Crippen molar-refractivity contribution in [3.05, 3.63) is 42.4 Å². The molecule has 2 aromatic heterocycles. The zero-order valence-electron chi connectivity index (χ0n) is 10.8. The SMILES string of the molecule is Cc1cc(NC(=O)Cn2cnnn2)c2ccccc2n1. The zero-order chi connectivity index (χ0) is 13.9. The Morgan fingerprint density at radius 1 is 1.35 bits per heavy atom. The fourth-order valence-corrected chi connectivity index (χ4v) is 2.00. The van der Waals surface area contributed by atoms with Crippen molar-refractivity contribution in [2.75, 3.05) is 5.32 Å². The van der Waals surface area contributed by atoms with E-state index >= 15 is 0 Å². The molecule has 20 heavy (non-hydrogen) atoms. The molecule has 0 saturated heterocycles. The van der Waals surface area contributed by atoms with E-state index in [1.807, 2.05) is 37.3 Å². The Kier molecular flexibility index (Phi) is 3.08. The third-order valence-electron chi connectivity index (χ3n) is 2.82. The number of anilines is 1. The van der Waals surface area contributed by atoms with E-state index in [9.17, 15) is 4.79 Å². The van der Waals surface area contributed by atoms with E-state index < -0.39 is 0 Å². The number of benzene rings is 1. The minimum atomic E-state index is -0.187. The van der Waals surface area contributed by atoms with Crippen LogP contribution in [0.2, 0.25) is 0 Å². The number of amides is 1. The molecule has 1 aromatic carbocycles. The topological polar surface area (TPSA) is 85.6 Å². The number of aromatic nitrogens is 5. The number of carbonyl (C=O) groups excluding carboxylic acids is 1. The average molecular weight is 268 g/mol. The van der Waals surface area contributed by atoms with Crippen molar-refractivity contribution in [2.45, 2.75) is 13.5 Å². The van der Waals surface area contributed by atoms with Gasteiger partial charge in [0.15, 0.2) is 0 Å². The van der Waals surface area contributed by atoms with Crippen LogP contribution in [0.25, 0.3) is 10.9 Å². The number of tetrazole rings is 1. The number of pyridine rings is 1. The third kappa shape index (κ3) is 2.46. The first-order valence-electron chi connectivity index (χ1n) is 6.09. The molecule has 2 heterocycles. The first-order valence-corrected chi connectivity index (χ1v) is 6.09. The van der Waals surface area contributed by atoms with Crippen LogP contribution in [-0.4, -0.2) is 31.1 Å². The van der Waals surface area contributed by atoms with Gasteiger partial charge in [0, 0.05) is 11.1 Å². The Morgan fingerprint density at radius 2 is 2.20 bits per heavy atom. The van der Waals surface area contributed by atoms with E-state index in [0.29, 0.717) is 0 Å². The Labute approximate surface area is 114 Å². The second-order valence-corrected chi connectivity index (χ2v) is 4.38. The minimum absolute atomic E-state index is 0.0721. The van der Waals surface area contributed by atoms with Gasteiger partial charge >= 0.3 is 0 Å². The van der Waals surface area contributed by atoms with Gasteiger partial charge in [-0.25, -0.2) is 4.68 Å². The number of rotatable bonds is 3. The summed E-state index contributed by atoms with van der Waals surface area (Å²) in [4.78, 5) is 16.4. The highest BCUT2D eigenvalue weighted by Gasteiger charge is 2.08. The fourth-order valence-electron chi connectivity index (χ4n) is 2.00. The number of nitrogens with one attached hydrogen (secondary N) is 1. The first-order chi connectivity index (χ1) is 9.72. The molecule has 0 aliphatic rings. The van der Waals surface area contributed by atoms with Gasteiger partial charge in [-0.05, 0) is 29.5 Å². The molecule has 100 valence electrons. The van der Waals surface area contributed by atoms with Gasteiger partial charge in [0.2, 0.25) is 5.91 Å². The Morgan fingerprint density at radius 3 is 3.00 bits per heavy atom. The molecule has 0 atom stereocenters. The van der Waals surface area contributed by atoms with Crippen molar-refractivity contribution in [3.63, 3.8) is 0 Å². The van der Waals surface area contributed by atoms with E-state index in [0.717, 1.165) is 22.3 Å². The van der Waals surface area contributed by atoms with Crippen LogP contribution in [0.3, 0.4) is 0 Å². The molecule has 3 aromatic rings. The number of hydrogen-bond donors (Lipinski definition) is 1. The normalized spacial score (nSPS) is 10.7. The Bertz CT molecular complexity index is 753. The van der Waals surface area contributed by atoms with Gasteiger partial charge in [0.25, 0.3) is 0 Å². The lowest BCUT2D eigenvalue weighted by atomic mass is 10.1. The lowest BCUT2D eigenvalue weighted by Crippen LogP contribution is -2.19. The average Bonchev–Trinajstić information content (AvgIpc) is 2.91. The number of fused-ring (bicyclic) bond motifs is 1. The van der Waals surface area contributed by atoms with Crippen LogP contribution in [0.4, 0.5) is 5.69 Å². The van der Waals surface area contributed by atoms with Crippen LogP contribution in [0.15, 0.2) is 36.7 Å². The Hall–Kier alpha value is -2.83. The van der Waals surface area contributed by atoms with Gasteiger partial charge in [0.05, 0.1) is 11.2 Å². The van der Waals surface area contributed by atoms with Crippen molar-refractivity contribution in [3.8, 4) is 0 Å². The monoisotopic (exact) mass is 268 g/mol. The maximum Gasteiger partial charge on any atom is 0.246 e. The lowest BCUT2D eigenvalue weighted by Gasteiger charge is -2.09. The molecule has 0 aliphatic carbocycles. The highest BCUT2D eigenvalue weighted by Crippen LogP contribution is 2.22. The van der Waals surface area contributed by atoms with Crippen LogP contribution in [0.5, 0.6) is 0 Å². The molecule has 0 fully saturated rings. The van der Waals surface area contributed by atoms with Crippen molar-refractivity contribution in [1.82, 2.24) is 25.2 Å². The fraction of sp³-hybridized carbons (Fsp3) is 0.154. The molecule has 3 rings (SSSR count). The van der Waals surface area contributed by atoms with Gasteiger partial charge in [-0.3, -0.25) is 9.78 Å². The molecular formula is C13H12N6O. The molecular weight excluding hydrogens is 256 g/mol. The number of hydrogen-bond acceptors (Lipinski definition) is 5. The number of carbonyl (C=O) groups is 1. The largest absolute Gasteiger partial charge is 0.324 e. The summed E-state index contributed by atoms with van der Waals surface area (Å²) < 4.78 is 1.37. The second-order valence-electron chi connectivity index (χ2n) is 4.38. The quantitative estimate of drug-likeness (QED) is 0.770. The summed E-state index contributed by atoms with van der Waals surface area (Å²) in [5.41, 5.74) is 2.44. The van der Waals surface area contributed by atoms with Crippen LogP contribution < -0.4 is 5.32 Å². The predicted molar refractivity (Wildman–Crippen MR) is 72.9 cm³/mol. The van der Waals surface area contributed by atoms with Gasteiger partial charge in [-0.2, -0.15) is 0 Å².